The second kappa shape index (κ2) is 7.59. The highest BCUT2D eigenvalue weighted by molar-refractivity contribution is 5.49. The van der Waals surface area contributed by atoms with Gasteiger partial charge in [-0.2, -0.15) is 4.98 Å². The number of ether oxygens (including phenoxy) is 1. The van der Waals surface area contributed by atoms with Crippen molar-refractivity contribution in [3.05, 3.63) is 41.1 Å². The Morgan fingerprint density at radius 1 is 1.26 bits per heavy atom. The van der Waals surface area contributed by atoms with Crippen molar-refractivity contribution in [2.24, 2.45) is 0 Å². The minimum absolute atomic E-state index is 0.0357. The maximum absolute atomic E-state index is 12.4. The van der Waals surface area contributed by atoms with Gasteiger partial charge in [0.05, 0.1) is 6.61 Å². The summed E-state index contributed by atoms with van der Waals surface area (Å²) in [6, 6.07) is 6.12. The van der Waals surface area contributed by atoms with Gasteiger partial charge in [-0.3, -0.25) is 0 Å². The molecule has 2 aromatic rings. The molecule has 0 spiro atoms. The smallest absolute Gasteiger partial charge is 0.406 e. The van der Waals surface area contributed by atoms with Crippen molar-refractivity contribution in [1.29, 1.82) is 0 Å². The number of anilines is 2. The normalized spacial score (nSPS) is 15.3. The molecule has 1 aromatic heterocycles. The summed E-state index contributed by atoms with van der Waals surface area (Å²) < 4.78 is 41.1. The summed E-state index contributed by atoms with van der Waals surface area (Å²) in [6.45, 7) is 4.80. The number of nitrogens with zero attached hydrogens (tertiary/aromatic N) is 3. The highest BCUT2D eigenvalue weighted by Gasteiger charge is 2.31. The molecule has 146 valence electrons. The molecular weight excluding hydrogens is 361 g/mol. The predicted molar refractivity (Wildman–Crippen MR) is 94.8 cm³/mol. The molecule has 1 aromatic carbocycles. The van der Waals surface area contributed by atoms with Crippen LogP contribution in [0.2, 0.25) is 0 Å². The van der Waals surface area contributed by atoms with Crippen LogP contribution >= 0.6 is 0 Å². The first-order chi connectivity index (χ1) is 12.7. The molecule has 1 atom stereocenters. The van der Waals surface area contributed by atoms with Gasteiger partial charge in [0.1, 0.15) is 11.6 Å². The molecule has 1 aliphatic heterocycles. The molecule has 0 bridgehead atoms. The van der Waals surface area contributed by atoms with Gasteiger partial charge < -0.3 is 20.1 Å². The number of aliphatic hydroxyl groups excluding tert-OH is 1. The Morgan fingerprint density at radius 3 is 2.74 bits per heavy atom. The Bertz CT molecular complexity index is 814. The molecule has 27 heavy (non-hydrogen) atoms. The van der Waals surface area contributed by atoms with Crippen LogP contribution in [-0.4, -0.2) is 40.6 Å². The molecule has 0 aliphatic carbocycles. The molecule has 0 saturated carbocycles. The van der Waals surface area contributed by atoms with E-state index < -0.39 is 6.36 Å². The topological polar surface area (TPSA) is 70.5 Å². The summed E-state index contributed by atoms with van der Waals surface area (Å²) >= 11 is 0. The Balaban J connectivity index is 1.78. The number of aliphatic hydroxyl groups is 1. The number of halogens is 3. The lowest BCUT2D eigenvalue weighted by atomic mass is 9.99. The zero-order valence-corrected chi connectivity index (χ0v) is 15.0. The van der Waals surface area contributed by atoms with E-state index in [1.165, 1.54) is 12.1 Å². The van der Waals surface area contributed by atoms with Crippen molar-refractivity contribution >= 4 is 11.8 Å². The van der Waals surface area contributed by atoms with E-state index in [9.17, 15) is 18.3 Å². The van der Waals surface area contributed by atoms with Crippen LogP contribution in [0.5, 0.6) is 5.75 Å². The van der Waals surface area contributed by atoms with Gasteiger partial charge in [-0.15, -0.1) is 13.2 Å². The summed E-state index contributed by atoms with van der Waals surface area (Å²) in [6.07, 6.45) is -4.11. The van der Waals surface area contributed by atoms with Gasteiger partial charge in [-0.1, -0.05) is 6.07 Å². The van der Waals surface area contributed by atoms with Crippen LogP contribution < -0.4 is 15.0 Å². The minimum atomic E-state index is -4.69. The van der Waals surface area contributed by atoms with E-state index >= 15 is 0 Å². The quantitative estimate of drug-likeness (QED) is 0.828. The van der Waals surface area contributed by atoms with Gasteiger partial charge >= 0.3 is 6.36 Å². The number of aryl methyl sites for hydroxylation is 1. The molecule has 0 amide bonds. The van der Waals surface area contributed by atoms with E-state index in [1.54, 1.807) is 6.07 Å². The lowest BCUT2D eigenvalue weighted by Gasteiger charge is -2.30. The first kappa shape index (κ1) is 19.2. The standard InChI is InChI=1S/C18H21F3N4O2/c1-11-7-16(24-17(22-11)23-12(2)10-26)25-6-5-13-8-15(27-18(19,20)21)4-3-14(13)9-25/h3-4,7-8,12,26H,5-6,9-10H2,1-2H3,(H,22,23,24)/t12-/m1/s1. The van der Waals surface area contributed by atoms with Crippen LogP contribution in [0.15, 0.2) is 24.3 Å². The second-order valence-corrected chi connectivity index (χ2v) is 6.57. The number of alkyl halides is 3. The molecule has 9 heteroatoms. The molecule has 1 aliphatic rings. The summed E-state index contributed by atoms with van der Waals surface area (Å²) in [4.78, 5) is 10.9. The van der Waals surface area contributed by atoms with Crippen LogP contribution in [0.25, 0.3) is 0 Å². The van der Waals surface area contributed by atoms with E-state index in [0.717, 1.165) is 22.6 Å². The SMILES string of the molecule is Cc1cc(N2CCc3cc(OC(F)(F)F)ccc3C2)nc(N[C@H](C)CO)n1. The molecule has 0 radical (unpaired) electrons. The van der Waals surface area contributed by atoms with Crippen molar-refractivity contribution in [2.75, 3.05) is 23.4 Å². The minimum Gasteiger partial charge on any atom is -0.406 e. The lowest BCUT2D eigenvalue weighted by molar-refractivity contribution is -0.274. The van der Waals surface area contributed by atoms with Gasteiger partial charge in [-0.25, -0.2) is 4.98 Å². The second-order valence-electron chi connectivity index (χ2n) is 6.57. The number of nitrogens with one attached hydrogen (secondary N) is 1. The average molecular weight is 382 g/mol. The number of hydrogen-bond acceptors (Lipinski definition) is 6. The van der Waals surface area contributed by atoms with E-state index in [4.69, 9.17) is 0 Å². The van der Waals surface area contributed by atoms with Gasteiger partial charge in [-0.05, 0) is 43.5 Å². The van der Waals surface area contributed by atoms with Gasteiger partial charge in [0, 0.05) is 30.9 Å². The van der Waals surface area contributed by atoms with E-state index in [2.05, 4.69) is 24.9 Å². The molecule has 0 fully saturated rings. The van der Waals surface area contributed by atoms with Crippen molar-refractivity contribution in [3.8, 4) is 5.75 Å². The van der Waals surface area contributed by atoms with Crippen molar-refractivity contribution in [2.45, 2.75) is 39.2 Å². The largest absolute Gasteiger partial charge is 0.573 e. The fraction of sp³-hybridized carbons (Fsp3) is 0.444. The highest BCUT2D eigenvalue weighted by Crippen LogP contribution is 2.29. The fourth-order valence-corrected chi connectivity index (χ4v) is 2.97. The fourth-order valence-electron chi connectivity index (χ4n) is 2.97. The molecule has 2 N–H and O–H groups in total. The number of fused-ring (bicyclic) bond motifs is 1. The number of hydrogen-bond donors (Lipinski definition) is 2. The highest BCUT2D eigenvalue weighted by atomic mass is 19.4. The van der Waals surface area contributed by atoms with Crippen molar-refractivity contribution in [3.63, 3.8) is 0 Å². The van der Waals surface area contributed by atoms with E-state index in [0.29, 0.717) is 25.5 Å². The molecule has 2 heterocycles. The molecule has 0 saturated heterocycles. The summed E-state index contributed by atoms with van der Waals surface area (Å²) in [7, 11) is 0. The third-order valence-corrected chi connectivity index (χ3v) is 4.24. The monoisotopic (exact) mass is 382 g/mol. The van der Waals surface area contributed by atoms with Gasteiger partial charge in [0.25, 0.3) is 0 Å². The average Bonchev–Trinajstić information content (AvgIpc) is 2.59. The third kappa shape index (κ3) is 5.00. The third-order valence-electron chi connectivity index (χ3n) is 4.24. The van der Waals surface area contributed by atoms with Crippen LogP contribution in [0.1, 0.15) is 23.7 Å². The van der Waals surface area contributed by atoms with Crippen LogP contribution in [0, 0.1) is 6.92 Å². The van der Waals surface area contributed by atoms with Gasteiger partial charge in [0.2, 0.25) is 5.95 Å². The molecule has 3 rings (SSSR count). The van der Waals surface area contributed by atoms with Crippen molar-refractivity contribution < 1.29 is 23.0 Å². The van der Waals surface area contributed by atoms with Crippen molar-refractivity contribution in [1.82, 2.24) is 9.97 Å². The zero-order chi connectivity index (χ0) is 19.6. The summed E-state index contributed by atoms with van der Waals surface area (Å²) in [5.41, 5.74) is 2.56. The molecule has 0 unspecified atom stereocenters. The van der Waals surface area contributed by atoms with Crippen LogP contribution in [-0.2, 0) is 13.0 Å². The number of benzene rings is 1. The zero-order valence-electron chi connectivity index (χ0n) is 15.0. The Kier molecular flexibility index (Phi) is 5.41. The molecule has 6 nitrogen and oxygen atoms in total. The number of aromatic nitrogens is 2. The van der Waals surface area contributed by atoms with E-state index in [1.807, 2.05) is 19.9 Å². The lowest BCUT2D eigenvalue weighted by Crippen LogP contribution is -2.32. The maximum atomic E-state index is 12.4. The first-order valence-electron chi connectivity index (χ1n) is 8.59. The van der Waals surface area contributed by atoms with Gasteiger partial charge in [0.15, 0.2) is 0 Å². The van der Waals surface area contributed by atoms with Crippen LogP contribution in [0.3, 0.4) is 0 Å². The maximum Gasteiger partial charge on any atom is 0.573 e. The molecular formula is C18H21F3N4O2. The predicted octanol–water partition coefficient (Wildman–Crippen LogP) is 3.04. The Morgan fingerprint density at radius 2 is 2.04 bits per heavy atom. The summed E-state index contributed by atoms with van der Waals surface area (Å²) in [5, 5.41) is 12.2. The van der Waals surface area contributed by atoms with Crippen LogP contribution in [0.4, 0.5) is 24.9 Å². The van der Waals surface area contributed by atoms with E-state index in [-0.39, 0.29) is 18.4 Å². The Hall–Kier alpha value is -2.55. The number of rotatable bonds is 5. The summed E-state index contributed by atoms with van der Waals surface area (Å²) in [5.74, 6) is 0.972. The Labute approximate surface area is 155 Å². The first-order valence-corrected chi connectivity index (χ1v) is 8.59.